The molecule has 0 saturated carbocycles. The van der Waals surface area contributed by atoms with Crippen LogP contribution in [0.15, 0.2) is 83.8 Å². The number of benzene rings is 3. The summed E-state index contributed by atoms with van der Waals surface area (Å²) in [5.74, 6) is -0.00289. The fourth-order valence-corrected chi connectivity index (χ4v) is 6.10. The largest absolute Gasteiger partial charge is 0.490 e. The molecule has 0 bridgehead atoms. The van der Waals surface area contributed by atoms with Crippen molar-refractivity contribution in [3.05, 3.63) is 90.1 Å². The van der Waals surface area contributed by atoms with E-state index in [1.54, 1.807) is 33.8 Å². The van der Waals surface area contributed by atoms with Gasteiger partial charge in [0.25, 0.3) is 5.91 Å². The van der Waals surface area contributed by atoms with Crippen LogP contribution in [-0.2, 0) is 15.6 Å². The molecule has 7 nitrogen and oxygen atoms in total. The van der Waals surface area contributed by atoms with Crippen molar-refractivity contribution >= 4 is 21.4 Å². The van der Waals surface area contributed by atoms with Gasteiger partial charge in [-0.25, -0.2) is 13.1 Å². The number of carbonyl (C=O) groups excluding carboxylic acids is 1. The highest BCUT2D eigenvalue weighted by molar-refractivity contribution is 7.90. The Kier molecular flexibility index (Phi) is 4.38. The Morgan fingerprint density at radius 2 is 1.64 bits per heavy atom. The van der Waals surface area contributed by atoms with Gasteiger partial charge >= 0.3 is 0 Å². The van der Waals surface area contributed by atoms with E-state index >= 15 is 0 Å². The van der Waals surface area contributed by atoms with E-state index in [-0.39, 0.29) is 22.2 Å². The molecule has 0 radical (unpaired) electrons. The van der Waals surface area contributed by atoms with Gasteiger partial charge in [0.15, 0.2) is 15.5 Å². The van der Waals surface area contributed by atoms with Gasteiger partial charge in [-0.1, -0.05) is 48.5 Å². The second kappa shape index (κ2) is 7.31. The molecule has 3 heterocycles. The molecule has 1 aromatic heterocycles. The predicted molar refractivity (Wildman–Crippen MR) is 124 cm³/mol. The van der Waals surface area contributed by atoms with Gasteiger partial charge in [0.2, 0.25) is 0 Å². The SMILES string of the molecule is O=C(c1nn(-c2ccccc2)c2c1CS(=O)(=O)c1ccccc1-2)N1CCOc2ccccc21. The number of carbonyl (C=O) groups is 1. The molecule has 0 saturated heterocycles. The minimum Gasteiger partial charge on any atom is -0.490 e. The predicted octanol–water partition coefficient (Wildman–Crippen LogP) is 3.87. The van der Waals surface area contributed by atoms with E-state index < -0.39 is 9.84 Å². The van der Waals surface area contributed by atoms with Crippen molar-refractivity contribution in [3.63, 3.8) is 0 Å². The normalized spacial score (nSPS) is 15.7. The lowest BCUT2D eigenvalue weighted by molar-refractivity contribution is 0.0970. The van der Waals surface area contributed by atoms with Gasteiger partial charge in [-0.3, -0.25) is 4.79 Å². The molecule has 0 aliphatic carbocycles. The van der Waals surface area contributed by atoms with Crippen LogP contribution < -0.4 is 9.64 Å². The van der Waals surface area contributed by atoms with Gasteiger partial charge in [-0.15, -0.1) is 0 Å². The first-order valence-electron chi connectivity index (χ1n) is 10.6. The molecule has 8 heteroatoms. The number of rotatable bonds is 2. The van der Waals surface area contributed by atoms with Crippen molar-refractivity contribution in [1.82, 2.24) is 9.78 Å². The van der Waals surface area contributed by atoms with Crippen molar-refractivity contribution < 1.29 is 17.9 Å². The van der Waals surface area contributed by atoms with Crippen LogP contribution in [0.25, 0.3) is 16.9 Å². The lowest BCUT2D eigenvalue weighted by atomic mass is 10.0. The number of para-hydroxylation sites is 3. The second-order valence-electron chi connectivity index (χ2n) is 7.95. The van der Waals surface area contributed by atoms with Gasteiger partial charge in [0, 0.05) is 11.1 Å². The third kappa shape index (κ3) is 3.06. The third-order valence-corrected chi connectivity index (χ3v) is 7.67. The highest BCUT2D eigenvalue weighted by Crippen LogP contribution is 2.41. The van der Waals surface area contributed by atoms with E-state index in [0.29, 0.717) is 41.4 Å². The molecule has 2 aliphatic rings. The summed E-state index contributed by atoms with van der Waals surface area (Å²) in [6, 6.07) is 23.6. The van der Waals surface area contributed by atoms with E-state index in [2.05, 4.69) is 0 Å². The minimum absolute atomic E-state index is 0.142. The topological polar surface area (TPSA) is 81.5 Å². The number of aromatic nitrogens is 2. The Labute approximate surface area is 190 Å². The van der Waals surface area contributed by atoms with Crippen LogP contribution in [0.3, 0.4) is 0 Å². The average molecular weight is 458 g/mol. The molecule has 0 spiro atoms. The van der Waals surface area contributed by atoms with Crippen molar-refractivity contribution in [2.75, 3.05) is 18.1 Å². The van der Waals surface area contributed by atoms with Crippen LogP contribution in [0.2, 0.25) is 0 Å². The van der Waals surface area contributed by atoms with E-state index in [1.807, 2.05) is 54.6 Å². The van der Waals surface area contributed by atoms with Gasteiger partial charge in [-0.2, -0.15) is 5.10 Å². The highest BCUT2D eigenvalue weighted by atomic mass is 32.2. The van der Waals surface area contributed by atoms with E-state index in [4.69, 9.17) is 9.84 Å². The Bertz CT molecular complexity index is 1510. The Hall–Kier alpha value is -3.91. The number of sulfone groups is 1. The van der Waals surface area contributed by atoms with Gasteiger partial charge < -0.3 is 9.64 Å². The van der Waals surface area contributed by atoms with Crippen LogP contribution in [0.5, 0.6) is 5.75 Å². The molecule has 3 aromatic carbocycles. The number of fused-ring (bicyclic) bond motifs is 4. The quantitative estimate of drug-likeness (QED) is 0.457. The van der Waals surface area contributed by atoms with Crippen LogP contribution in [-0.4, -0.2) is 37.3 Å². The number of hydrogen-bond acceptors (Lipinski definition) is 5. The van der Waals surface area contributed by atoms with Gasteiger partial charge in [0.05, 0.1) is 34.3 Å². The maximum Gasteiger partial charge on any atom is 0.279 e. The van der Waals surface area contributed by atoms with Crippen molar-refractivity contribution in [2.24, 2.45) is 0 Å². The summed E-state index contributed by atoms with van der Waals surface area (Å²) < 4.78 is 33.7. The van der Waals surface area contributed by atoms with Crippen LogP contribution >= 0.6 is 0 Å². The van der Waals surface area contributed by atoms with E-state index in [9.17, 15) is 13.2 Å². The van der Waals surface area contributed by atoms with Crippen LogP contribution in [0.4, 0.5) is 5.69 Å². The fourth-order valence-electron chi connectivity index (χ4n) is 4.50. The number of anilines is 1. The highest BCUT2D eigenvalue weighted by Gasteiger charge is 2.38. The third-order valence-electron chi connectivity index (χ3n) is 5.97. The summed E-state index contributed by atoms with van der Waals surface area (Å²) in [5.41, 5.74) is 3.16. The molecular formula is C25H19N3O4S. The molecule has 164 valence electrons. The molecular weight excluding hydrogens is 438 g/mol. The minimum atomic E-state index is -3.62. The first kappa shape index (κ1) is 19.8. The van der Waals surface area contributed by atoms with Crippen molar-refractivity contribution in [1.29, 1.82) is 0 Å². The molecule has 6 rings (SSSR count). The summed E-state index contributed by atoms with van der Waals surface area (Å²) in [4.78, 5) is 15.7. The Morgan fingerprint density at radius 3 is 2.48 bits per heavy atom. The zero-order valence-electron chi connectivity index (χ0n) is 17.5. The molecule has 2 aliphatic heterocycles. The molecule has 1 amide bonds. The number of hydrogen-bond donors (Lipinski definition) is 0. The van der Waals surface area contributed by atoms with E-state index in [1.165, 1.54) is 0 Å². The molecule has 0 atom stereocenters. The van der Waals surface area contributed by atoms with Crippen molar-refractivity contribution in [3.8, 4) is 22.7 Å². The number of nitrogens with zero attached hydrogens (tertiary/aromatic N) is 3. The van der Waals surface area contributed by atoms with E-state index in [0.717, 1.165) is 5.69 Å². The molecule has 0 unspecified atom stereocenters. The fraction of sp³-hybridized carbons (Fsp3) is 0.120. The van der Waals surface area contributed by atoms with Crippen LogP contribution in [0.1, 0.15) is 16.1 Å². The van der Waals surface area contributed by atoms with Gasteiger partial charge in [0.1, 0.15) is 12.4 Å². The standard InChI is InChI=1S/C25H19N3O4S/c29-25(27-14-15-32-21-12-6-5-11-20(21)27)23-19-16-33(30,31)22-13-7-4-10-18(22)24(19)28(26-23)17-8-2-1-3-9-17/h1-13H,14-16H2. The maximum atomic E-state index is 13.8. The number of ether oxygens (including phenoxy) is 1. The molecule has 0 fully saturated rings. The smallest absolute Gasteiger partial charge is 0.279 e. The first-order chi connectivity index (χ1) is 16.0. The summed E-state index contributed by atoms with van der Waals surface area (Å²) in [6.45, 7) is 0.706. The monoisotopic (exact) mass is 457 g/mol. The summed E-state index contributed by atoms with van der Waals surface area (Å²) in [5, 5.41) is 4.69. The van der Waals surface area contributed by atoms with Crippen LogP contribution in [0, 0.1) is 0 Å². The molecule has 4 aromatic rings. The van der Waals surface area contributed by atoms with Crippen molar-refractivity contribution in [2.45, 2.75) is 10.6 Å². The lowest BCUT2D eigenvalue weighted by Gasteiger charge is -2.29. The summed E-state index contributed by atoms with van der Waals surface area (Å²) in [6.07, 6.45) is 0. The second-order valence-corrected chi connectivity index (χ2v) is 9.91. The van der Waals surface area contributed by atoms with Gasteiger partial charge in [-0.05, 0) is 30.3 Å². The number of amides is 1. The maximum absolute atomic E-state index is 13.8. The first-order valence-corrected chi connectivity index (χ1v) is 12.2. The summed E-state index contributed by atoms with van der Waals surface area (Å²) in [7, 11) is -3.62. The Morgan fingerprint density at radius 1 is 0.909 bits per heavy atom. The average Bonchev–Trinajstić information content (AvgIpc) is 3.22. The molecule has 0 N–H and O–H groups in total. The zero-order chi connectivity index (χ0) is 22.6. The Balaban J connectivity index is 1.59. The molecule has 33 heavy (non-hydrogen) atoms. The summed E-state index contributed by atoms with van der Waals surface area (Å²) >= 11 is 0. The lowest BCUT2D eigenvalue weighted by Crippen LogP contribution is -2.38. The zero-order valence-corrected chi connectivity index (χ0v) is 18.3.